The van der Waals surface area contributed by atoms with Gasteiger partial charge in [0.2, 0.25) is 0 Å². The Morgan fingerprint density at radius 1 is 1.11 bits per heavy atom. The van der Waals surface area contributed by atoms with E-state index in [1.165, 1.54) is 0 Å². The SMILES string of the molecule is COc1cc(OC2CCN(CC#N)CC2)ccc1C(=O)[N+]1(C2CCNCC2)C(=O)CCc2ccccc21. The summed E-state index contributed by atoms with van der Waals surface area (Å²) in [7, 11) is 1.55. The van der Waals surface area contributed by atoms with Crippen molar-refractivity contribution in [2.45, 2.75) is 50.7 Å². The van der Waals surface area contributed by atoms with Crippen LogP contribution in [0.5, 0.6) is 11.5 Å². The Balaban J connectivity index is 1.47. The van der Waals surface area contributed by atoms with E-state index in [0.29, 0.717) is 36.4 Å². The van der Waals surface area contributed by atoms with Gasteiger partial charge in [-0.05, 0) is 31.4 Å². The summed E-state index contributed by atoms with van der Waals surface area (Å²) in [6.45, 7) is 3.65. The number of benzene rings is 2. The first kappa shape index (κ1) is 25.4. The van der Waals surface area contributed by atoms with Gasteiger partial charge >= 0.3 is 11.8 Å². The van der Waals surface area contributed by atoms with Crippen molar-refractivity contribution in [3.8, 4) is 17.6 Å². The number of ether oxygens (including phenoxy) is 2. The molecule has 2 aromatic carbocycles. The summed E-state index contributed by atoms with van der Waals surface area (Å²) in [6.07, 6.45) is 4.23. The number of methoxy groups -OCH3 is 1. The Morgan fingerprint density at radius 2 is 1.86 bits per heavy atom. The zero-order valence-corrected chi connectivity index (χ0v) is 21.4. The minimum atomic E-state index is -0.272. The van der Waals surface area contributed by atoms with Crippen LogP contribution >= 0.6 is 0 Å². The third kappa shape index (κ3) is 4.75. The van der Waals surface area contributed by atoms with Crippen LogP contribution in [-0.2, 0) is 11.2 Å². The first-order valence-corrected chi connectivity index (χ1v) is 13.3. The van der Waals surface area contributed by atoms with Crippen LogP contribution in [0.25, 0.3) is 0 Å². The summed E-state index contributed by atoms with van der Waals surface area (Å²) in [5.74, 6) is 0.803. The van der Waals surface area contributed by atoms with E-state index in [9.17, 15) is 9.59 Å². The van der Waals surface area contributed by atoms with Crippen molar-refractivity contribution in [3.63, 3.8) is 0 Å². The number of carbonyl (C=O) groups excluding carboxylic acids is 2. The predicted octanol–water partition coefficient (Wildman–Crippen LogP) is 3.43. The van der Waals surface area contributed by atoms with E-state index in [2.05, 4.69) is 16.3 Å². The molecular weight excluding hydrogens is 468 g/mol. The van der Waals surface area contributed by atoms with Crippen molar-refractivity contribution in [2.75, 3.05) is 39.8 Å². The number of quaternary nitrogens is 1. The lowest BCUT2D eigenvalue weighted by Gasteiger charge is -2.44. The van der Waals surface area contributed by atoms with Crippen molar-refractivity contribution in [1.82, 2.24) is 14.7 Å². The van der Waals surface area contributed by atoms with Gasteiger partial charge in [-0.25, -0.2) is 9.59 Å². The summed E-state index contributed by atoms with van der Waals surface area (Å²) in [5, 5.41) is 12.3. The summed E-state index contributed by atoms with van der Waals surface area (Å²) < 4.78 is 11.7. The molecule has 8 nitrogen and oxygen atoms in total. The van der Waals surface area contributed by atoms with Crippen LogP contribution in [-0.4, -0.2) is 68.7 Å². The Hall–Kier alpha value is -3.25. The number of rotatable bonds is 6. The van der Waals surface area contributed by atoms with Gasteiger partial charge in [0.05, 0.1) is 26.1 Å². The largest absolute Gasteiger partial charge is 0.496 e. The minimum Gasteiger partial charge on any atom is -0.496 e. The van der Waals surface area contributed by atoms with E-state index in [1.807, 2.05) is 30.3 Å². The number of nitrogens with zero attached hydrogens (tertiary/aromatic N) is 3. The fourth-order valence-corrected chi connectivity index (χ4v) is 6.19. The van der Waals surface area contributed by atoms with E-state index in [0.717, 1.165) is 63.1 Å². The second-order valence-electron chi connectivity index (χ2n) is 10.1. The molecule has 2 saturated heterocycles. The normalized spacial score (nSPS) is 23.2. The number of imide groups is 1. The molecule has 3 aliphatic heterocycles. The van der Waals surface area contributed by atoms with Gasteiger partial charge in [0, 0.05) is 56.7 Å². The molecule has 5 rings (SSSR count). The molecule has 8 heteroatoms. The standard InChI is InChI=1S/C29H35N4O4/c1-36-27-20-24(37-23-12-17-32(18-13-23)19-14-30)7-8-25(27)29(35)33(22-10-15-31-16-11-22)26-5-3-2-4-21(26)6-9-28(33)34/h2-5,7-8,20,22-23,31H,6,9-13,15-19H2,1H3/q+1. The number of piperidine rings is 2. The third-order valence-electron chi connectivity index (χ3n) is 8.09. The molecular formula is C29H35N4O4+. The summed E-state index contributed by atoms with van der Waals surface area (Å²) in [5.41, 5.74) is 2.28. The summed E-state index contributed by atoms with van der Waals surface area (Å²) in [4.78, 5) is 30.5. The third-order valence-corrected chi connectivity index (χ3v) is 8.09. The van der Waals surface area contributed by atoms with E-state index < -0.39 is 0 Å². The van der Waals surface area contributed by atoms with Crippen LogP contribution in [0.4, 0.5) is 5.69 Å². The molecule has 2 amide bonds. The van der Waals surface area contributed by atoms with Crippen LogP contribution in [0.15, 0.2) is 42.5 Å². The van der Waals surface area contributed by atoms with Gasteiger partial charge in [-0.1, -0.05) is 18.2 Å². The van der Waals surface area contributed by atoms with Gasteiger partial charge in [-0.3, -0.25) is 4.90 Å². The fourth-order valence-electron chi connectivity index (χ4n) is 6.19. The second kappa shape index (κ2) is 11.0. The number of nitriles is 1. The molecule has 2 fully saturated rings. The highest BCUT2D eigenvalue weighted by molar-refractivity contribution is 6.18. The molecule has 37 heavy (non-hydrogen) atoms. The minimum absolute atomic E-state index is 0.0397. The molecule has 0 bridgehead atoms. The van der Waals surface area contributed by atoms with E-state index in [4.69, 9.17) is 14.7 Å². The molecule has 0 aliphatic carbocycles. The molecule has 3 aliphatic rings. The van der Waals surface area contributed by atoms with Gasteiger partial charge in [0.25, 0.3) is 0 Å². The maximum absolute atomic E-state index is 14.6. The lowest BCUT2D eigenvalue weighted by molar-refractivity contribution is -0.130. The Kier molecular flexibility index (Phi) is 7.56. The number of para-hydroxylation sites is 1. The van der Waals surface area contributed by atoms with Crippen molar-refractivity contribution in [1.29, 1.82) is 5.26 Å². The molecule has 0 spiro atoms. The van der Waals surface area contributed by atoms with Gasteiger partial charge in [0.1, 0.15) is 29.2 Å². The first-order valence-electron chi connectivity index (χ1n) is 13.3. The van der Waals surface area contributed by atoms with E-state index in [1.54, 1.807) is 19.2 Å². The maximum atomic E-state index is 14.6. The molecule has 3 heterocycles. The predicted molar refractivity (Wildman–Crippen MR) is 140 cm³/mol. The quantitative estimate of drug-likeness (QED) is 0.367. The molecule has 0 radical (unpaired) electrons. The number of aryl methyl sites for hydroxylation is 1. The zero-order chi connectivity index (χ0) is 25.8. The van der Waals surface area contributed by atoms with Crippen molar-refractivity contribution in [2.24, 2.45) is 0 Å². The van der Waals surface area contributed by atoms with Gasteiger partial charge in [-0.2, -0.15) is 9.74 Å². The molecule has 194 valence electrons. The van der Waals surface area contributed by atoms with Crippen molar-refractivity contribution >= 4 is 17.5 Å². The van der Waals surface area contributed by atoms with Crippen molar-refractivity contribution in [3.05, 3.63) is 53.6 Å². The lowest BCUT2D eigenvalue weighted by atomic mass is 9.90. The van der Waals surface area contributed by atoms with Crippen LogP contribution in [0.1, 0.15) is 48.0 Å². The maximum Gasteiger partial charge on any atom is 0.362 e. The molecule has 1 unspecified atom stereocenters. The van der Waals surface area contributed by atoms with Crippen molar-refractivity contribution < 1.29 is 19.1 Å². The molecule has 2 aromatic rings. The number of carbonyl (C=O) groups is 2. The number of nitrogens with one attached hydrogen (secondary N) is 1. The first-order chi connectivity index (χ1) is 18.1. The topological polar surface area (TPSA) is 91.7 Å². The number of fused-ring (bicyclic) bond motifs is 1. The van der Waals surface area contributed by atoms with Gasteiger partial charge in [-0.15, -0.1) is 0 Å². The average molecular weight is 504 g/mol. The number of likely N-dealkylation sites (tertiary alicyclic amines) is 1. The molecule has 1 N–H and O–H groups in total. The Morgan fingerprint density at radius 3 is 2.59 bits per heavy atom. The number of amides is 2. The number of hydrogen-bond acceptors (Lipinski definition) is 7. The van der Waals surface area contributed by atoms with Gasteiger partial charge < -0.3 is 14.8 Å². The monoisotopic (exact) mass is 503 g/mol. The molecule has 0 aromatic heterocycles. The Labute approximate surface area is 218 Å². The van der Waals surface area contributed by atoms with E-state index >= 15 is 0 Å². The van der Waals surface area contributed by atoms with Crippen LogP contribution in [0.3, 0.4) is 0 Å². The van der Waals surface area contributed by atoms with Crippen LogP contribution in [0, 0.1) is 11.3 Å². The second-order valence-corrected chi connectivity index (χ2v) is 10.1. The fraction of sp³-hybridized carbons (Fsp3) is 0.483. The zero-order valence-electron chi connectivity index (χ0n) is 21.4. The van der Waals surface area contributed by atoms with Gasteiger partial charge in [0.15, 0.2) is 5.69 Å². The Bertz CT molecular complexity index is 1190. The highest BCUT2D eigenvalue weighted by Gasteiger charge is 2.56. The summed E-state index contributed by atoms with van der Waals surface area (Å²) in [6, 6.07) is 15.3. The van der Waals surface area contributed by atoms with E-state index in [-0.39, 0.29) is 28.4 Å². The molecule has 1 atom stereocenters. The van der Waals surface area contributed by atoms with Crippen LogP contribution < -0.4 is 19.3 Å². The highest BCUT2D eigenvalue weighted by atomic mass is 16.5. The van der Waals surface area contributed by atoms with Crippen LogP contribution in [0.2, 0.25) is 0 Å². The smallest absolute Gasteiger partial charge is 0.362 e. The molecule has 0 saturated carbocycles. The summed E-state index contributed by atoms with van der Waals surface area (Å²) >= 11 is 0. The highest BCUT2D eigenvalue weighted by Crippen LogP contribution is 2.42. The lowest BCUT2D eigenvalue weighted by Crippen LogP contribution is -2.67. The average Bonchev–Trinajstić information content (AvgIpc) is 2.94. The number of hydrogen-bond donors (Lipinski definition) is 1.